The van der Waals surface area contributed by atoms with Crippen molar-refractivity contribution >= 4 is 22.4 Å². The number of carbonyl (C=O) groups is 2. The van der Waals surface area contributed by atoms with Crippen LogP contribution in [-0.4, -0.2) is 23.8 Å². The van der Waals surface area contributed by atoms with E-state index in [2.05, 4.69) is 4.74 Å². The number of carbonyl (C=O) groups excluding carboxylic acids is 2. The summed E-state index contributed by atoms with van der Waals surface area (Å²) in [6.45, 7) is 4.31. The second-order valence-electron chi connectivity index (χ2n) is 2.24. The maximum Gasteiger partial charge on any atom is 0.378 e. The number of thioether (sulfide) groups is 1. The molecule has 0 aliphatic rings. The summed E-state index contributed by atoms with van der Waals surface area (Å²) in [5.41, 5.74) is 0. The average molecular weight is 206 g/mol. The van der Waals surface area contributed by atoms with Gasteiger partial charge in [0.1, 0.15) is 0 Å². The van der Waals surface area contributed by atoms with Gasteiger partial charge in [-0.1, -0.05) is 13.3 Å². The molecule has 0 heterocycles. The van der Waals surface area contributed by atoms with Crippen LogP contribution in [0.4, 0.5) is 9.59 Å². The van der Waals surface area contributed by atoms with E-state index in [9.17, 15) is 9.59 Å². The fourth-order valence-electron chi connectivity index (χ4n) is 0.545. The average Bonchev–Trinajstić information content (AvgIpc) is 2.05. The fourth-order valence-corrected chi connectivity index (χ4v) is 1.000. The first-order valence-electron chi connectivity index (χ1n) is 4.22. The van der Waals surface area contributed by atoms with Crippen LogP contribution in [0.1, 0.15) is 26.7 Å². The summed E-state index contributed by atoms with van der Waals surface area (Å²) in [5, 5.41) is -1.20. The third kappa shape index (κ3) is 7.64. The van der Waals surface area contributed by atoms with Crippen molar-refractivity contribution < 1.29 is 19.1 Å². The summed E-state index contributed by atoms with van der Waals surface area (Å²) < 4.78 is 9.26. The molecule has 0 unspecified atom stereocenters. The van der Waals surface area contributed by atoms with Crippen molar-refractivity contribution in [1.82, 2.24) is 0 Å². The second kappa shape index (κ2) is 7.91. The molecule has 4 nitrogen and oxygen atoms in total. The molecule has 0 amide bonds. The quantitative estimate of drug-likeness (QED) is 0.523. The lowest BCUT2D eigenvalue weighted by molar-refractivity contribution is 0.170. The number of rotatable bonds is 4. The molecule has 0 saturated heterocycles. The lowest BCUT2D eigenvalue weighted by Gasteiger charge is -2.01. The minimum atomic E-state index is -0.607. The maximum atomic E-state index is 10.8. The third-order valence-electron chi connectivity index (χ3n) is 1.15. The van der Waals surface area contributed by atoms with E-state index in [1.54, 1.807) is 6.92 Å². The number of unbranched alkanes of at least 4 members (excludes halogenated alkanes) is 1. The Morgan fingerprint density at radius 3 is 2.31 bits per heavy atom. The molecule has 0 rings (SSSR count). The number of hydrogen-bond donors (Lipinski definition) is 0. The standard InChI is InChI=1S/C8H14O4S/c1-3-5-6-12-8(10)13-7(9)11-4-2/h3-6H2,1-2H3. The first-order valence-corrected chi connectivity index (χ1v) is 5.03. The van der Waals surface area contributed by atoms with Crippen LogP contribution in [0, 0.1) is 0 Å². The number of ether oxygens (including phenoxy) is 2. The highest BCUT2D eigenvalue weighted by atomic mass is 32.2. The topological polar surface area (TPSA) is 52.6 Å². The van der Waals surface area contributed by atoms with Crippen LogP contribution in [0.2, 0.25) is 0 Å². The molecule has 0 aliphatic heterocycles. The van der Waals surface area contributed by atoms with E-state index in [1.807, 2.05) is 6.92 Å². The van der Waals surface area contributed by atoms with Gasteiger partial charge in [-0.25, -0.2) is 9.59 Å². The van der Waals surface area contributed by atoms with Gasteiger partial charge < -0.3 is 9.47 Å². The van der Waals surface area contributed by atoms with E-state index in [4.69, 9.17) is 4.74 Å². The van der Waals surface area contributed by atoms with Gasteiger partial charge in [0.15, 0.2) is 0 Å². The summed E-state index contributed by atoms with van der Waals surface area (Å²) in [4.78, 5) is 21.6. The van der Waals surface area contributed by atoms with Crippen molar-refractivity contribution in [3.8, 4) is 0 Å². The third-order valence-corrected chi connectivity index (χ3v) is 1.72. The molecule has 0 aliphatic carbocycles. The maximum absolute atomic E-state index is 10.8. The molecule has 0 N–H and O–H groups in total. The second-order valence-corrected chi connectivity index (χ2v) is 3.11. The Hall–Kier alpha value is -0.710. The molecule has 13 heavy (non-hydrogen) atoms. The lowest BCUT2D eigenvalue weighted by atomic mass is 10.4. The van der Waals surface area contributed by atoms with Crippen LogP contribution < -0.4 is 0 Å². The largest absolute Gasteiger partial charge is 0.457 e. The van der Waals surface area contributed by atoms with E-state index in [0.29, 0.717) is 18.4 Å². The highest BCUT2D eigenvalue weighted by Crippen LogP contribution is 2.09. The predicted octanol–water partition coefficient (Wildman–Crippen LogP) is 2.81. The van der Waals surface area contributed by atoms with Gasteiger partial charge in [0.05, 0.1) is 25.0 Å². The van der Waals surface area contributed by atoms with Gasteiger partial charge in [0.25, 0.3) is 0 Å². The molecule has 0 fully saturated rings. The normalized spacial score (nSPS) is 9.38. The van der Waals surface area contributed by atoms with Gasteiger partial charge in [0, 0.05) is 0 Å². The molecule has 0 saturated carbocycles. The Bertz CT molecular complexity index is 170. The zero-order valence-corrected chi connectivity index (χ0v) is 8.69. The number of hydrogen-bond acceptors (Lipinski definition) is 5. The van der Waals surface area contributed by atoms with Crippen LogP contribution in [0.5, 0.6) is 0 Å². The summed E-state index contributed by atoms with van der Waals surface area (Å²) in [6.07, 6.45) is 1.77. The van der Waals surface area contributed by atoms with Gasteiger partial charge >= 0.3 is 10.6 Å². The molecule has 76 valence electrons. The molecular formula is C8H14O4S. The zero-order valence-electron chi connectivity index (χ0n) is 7.87. The van der Waals surface area contributed by atoms with E-state index < -0.39 is 10.6 Å². The van der Waals surface area contributed by atoms with Gasteiger partial charge in [0.2, 0.25) is 0 Å². The van der Waals surface area contributed by atoms with Crippen molar-refractivity contribution in [1.29, 1.82) is 0 Å². The SMILES string of the molecule is CCCCOC(=O)SC(=O)OCC. The minimum absolute atomic E-state index is 0.272. The predicted molar refractivity (Wildman–Crippen MR) is 50.9 cm³/mol. The van der Waals surface area contributed by atoms with Crippen LogP contribution in [0.15, 0.2) is 0 Å². The van der Waals surface area contributed by atoms with Crippen molar-refractivity contribution in [2.75, 3.05) is 13.2 Å². The van der Waals surface area contributed by atoms with Gasteiger partial charge in [-0.2, -0.15) is 0 Å². The van der Waals surface area contributed by atoms with Gasteiger partial charge in [-0.15, -0.1) is 0 Å². The summed E-state index contributed by atoms with van der Waals surface area (Å²) in [7, 11) is 0. The smallest absolute Gasteiger partial charge is 0.378 e. The molecular weight excluding hydrogens is 192 g/mol. The Labute approximate surface area is 82.0 Å². The Morgan fingerprint density at radius 2 is 1.77 bits per heavy atom. The molecule has 0 spiro atoms. The Kier molecular flexibility index (Phi) is 7.48. The van der Waals surface area contributed by atoms with Crippen LogP contribution in [-0.2, 0) is 9.47 Å². The summed E-state index contributed by atoms with van der Waals surface area (Å²) in [5.74, 6) is 0. The van der Waals surface area contributed by atoms with Gasteiger partial charge in [-0.3, -0.25) is 0 Å². The van der Waals surface area contributed by atoms with Crippen molar-refractivity contribution in [2.45, 2.75) is 26.7 Å². The van der Waals surface area contributed by atoms with Crippen molar-refractivity contribution in [2.24, 2.45) is 0 Å². The van der Waals surface area contributed by atoms with E-state index in [0.717, 1.165) is 12.8 Å². The molecule has 0 bridgehead atoms. The Balaban J connectivity index is 3.44. The molecule has 0 aromatic carbocycles. The molecule has 0 aromatic rings. The zero-order chi connectivity index (χ0) is 10.1. The summed E-state index contributed by atoms with van der Waals surface area (Å²) in [6, 6.07) is 0. The highest BCUT2D eigenvalue weighted by molar-refractivity contribution is 8.25. The van der Waals surface area contributed by atoms with Crippen LogP contribution in [0.3, 0.4) is 0 Å². The fraction of sp³-hybridized carbons (Fsp3) is 0.750. The highest BCUT2D eigenvalue weighted by Gasteiger charge is 2.11. The molecule has 0 atom stereocenters. The van der Waals surface area contributed by atoms with Gasteiger partial charge in [-0.05, 0) is 13.3 Å². The first-order chi connectivity index (χ1) is 6.20. The monoisotopic (exact) mass is 206 g/mol. The van der Waals surface area contributed by atoms with Crippen molar-refractivity contribution in [3.63, 3.8) is 0 Å². The molecule has 0 aromatic heterocycles. The van der Waals surface area contributed by atoms with E-state index in [1.165, 1.54) is 0 Å². The van der Waals surface area contributed by atoms with E-state index in [-0.39, 0.29) is 6.61 Å². The van der Waals surface area contributed by atoms with Crippen molar-refractivity contribution in [3.05, 3.63) is 0 Å². The van der Waals surface area contributed by atoms with E-state index >= 15 is 0 Å². The minimum Gasteiger partial charge on any atom is -0.457 e. The lowest BCUT2D eigenvalue weighted by Crippen LogP contribution is -2.05. The summed E-state index contributed by atoms with van der Waals surface area (Å²) >= 11 is 0.452. The molecule has 0 radical (unpaired) electrons. The van der Waals surface area contributed by atoms with Crippen LogP contribution >= 0.6 is 11.8 Å². The molecule has 5 heteroatoms. The first kappa shape index (κ1) is 12.3. The Morgan fingerprint density at radius 1 is 1.15 bits per heavy atom. The van der Waals surface area contributed by atoms with Crippen LogP contribution in [0.25, 0.3) is 0 Å².